The summed E-state index contributed by atoms with van der Waals surface area (Å²) >= 11 is 0. The Morgan fingerprint density at radius 2 is 1.77 bits per heavy atom. The number of fused-ring (bicyclic) bond motifs is 7. The van der Waals surface area contributed by atoms with Crippen molar-refractivity contribution < 1.29 is 26.7 Å². The van der Waals surface area contributed by atoms with Crippen LogP contribution < -0.4 is 10.5 Å². The van der Waals surface area contributed by atoms with Crippen molar-refractivity contribution in [1.29, 1.82) is 0 Å². The first-order valence-electron chi connectivity index (χ1n) is 9.59. The van der Waals surface area contributed by atoms with Crippen molar-refractivity contribution in [2.45, 2.75) is 38.8 Å². The van der Waals surface area contributed by atoms with Crippen molar-refractivity contribution in [2.24, 2.45) is 0 Å². The van der Waals surface area contributed by atoms with Crippen LogP contribution in [0.2, 0.25) is 0 Å². The second-order valence-corrected chi connectivity index (χ2v) is 7.11. The monoisotopic (exact) mass is 434 g/mol. The van der Waals surface area contributed by atoms with E-state index in [1.165, 1.54) is 12.1 Å². The van der Waals surface area contributed by atoms with Crippen molar-refractivity contribution in [3.8, 4) is 23.2 Å². The van der Waals surface area contributed by atoms with Gasteiger partial charge >= 0.3 is 6.18 Å². The van der Waals surface area contributed by atoms with Crippen LogP contribution in [-0.2, 0) is 12.6 Å². The van der Waals surface area contributed by atoms with Gasteiger partial charge in [0.05, 0.1) is 5.69 Å². The number of nitrogen functional groups attached to an aromatic ring is 1. The number of ether oxygens (including phenoxy) is 1. The van der Waals surface area contributed by atoms with E-state index in [9.17, 15) is 17.6 Å². The molecular formula is C21H18F4N4O2. The first kappa shape index (κ1) is 20.8. The fraction of sp³-hybridized carbons (Fsp3) is 0.286. The molecule has 0 spiro atoms. The van der Waals surface area contributed by atoms with E-state index < -0.39 is 23.4 Å². The van der Waals surface area contributed by atoms with Gasteiger partial charge in [-0.3, -0.25) is 0 Å². The van der Waals surface area contributed by atoms with Crippen LogP contribution >= 0.6 is 0 Å². The summed E-state index contributed by atoms with van der Waals surface area (Å²) in [6.07, 6.45) is -0.338. The zero-order chi connectivity index (χ0) is 22.2. The molecule has 6 nitrogen and oxygen atoms in total. The molecule has 2 N–H and O–H groups in total. The summed E-state index contributed by atoms with van der Waals surface area (Å²) in [4.78, 5) is 3.92. The molecule has 10 heteroatoms. The topological polar surface area (TPSA) is 87.1 Å². The normalized spacial score (nSPS) is 15.8. The molecule has 0 fully saturated rings. The van der Waals surface area contributed by atoms with Gasteiger partial charge in [0.2, 0.25) is 11.8 Å². The second kappa shape index (κ2) is 8.01. The van der Waals surface area contributed by atoms with Crippen LogP contribution in [0.15, 0.2) is 34.8 Å². The number of aromatic nitrogens is 3. The lowest BCUT2D eigenvalue weighted by Crippen LogP contribution is -2.11. The Morgan fingerprint density at radius 3 is 2.52 bits per heavy atom. The molecular weight excluding hydrogens is 416 g/mol. The number of allylic oxidation sites excluding steroid dienone is 2. The molecule has 1 aliphatic rings. The van der Waals surface area contributed by atoms with Crippen LogP contribution in [0.3, 0.4) is 0 Å². The summed E-state index contributed by atoms with van der Waals surface area (Å²) in [6, 6.07) is 4.53. The molecule has 0 aliphatic carbocycles. The number of aryl methyl sites for hydroxylation is 1. The first-order valence-corrected chi connectivity index (χ1v) is 9.59. The number of nitrogens with two attached hydrogens (primary N) is 1. The third kappa shape index (κ3) is 4.37. The Labute approximate surface area is 174 Å². The van der Waals surface area contributed by atoms with Crippen LogP contribution in [0.25, 0.3) is 17.2 Å². The minimum atomic E-state index is -4.80. The Hall–Kier alpha value is -3.43. The average Bonchev–Trinajstić information content (AvgIpc) is 3.17. The minimum absolute atomic E-state index is 0.0982. The summed E-state index contributed by atoms with van der Waals surface area (Å²) in [7, 11) is 0. The SMILES string of the molecule is C/C=C1/CCCCc2cc(F)cc(c2)Oc2nc(c(N)cc2C(F)(F)F)-c2nnc1o2. The molecule has 0 unspecified atom stereocenters. The predicted octanol–water partition coefficient (Wildman–Crippen LogP) is 5.79. The molecule has 2 aromatic heterocycles. The molecule has 31 heavy (non-hydrogen) atoms. The zero-order valence-electron chi connectivity index (χ0n) is 16.5. The number of pyridine rings is 1. The summed E-state index contributed by atoms with van der Waals surface area (Å²) in [5, 5.41) is 7.88. The van der Waals surface area contributed by atoms with Crippen molar-refractivity contribution in [1.82, 2.24) is 15.2 Å². The van der Waals surface area contributed by atoms with Gasteiger partial charge in [-0.05, 0) is 56.4 Å². The number of hydrogen-bond acceptors (Lipinski definition) is 6. The lowest BCUT2D eigenvalue weighted by molar-refractivity contribution is -0.138. The summed E-state index contributed by atoms with van der Waals surface area (Å²) in [6.45, 7) is 1.82. The van der Waals surface area contributed by atoms with Crippen LogP contribution in [-0.4, -0.2) is 15.2 Å². The smallest absolute Gasteiger partial charge is 0.421 e. The van der Waals surface area contributed by atoms with E-state index in [-0.39, 0.29) is 28.9 Å². The van der Waals surface area contributed by atoms with E-state index >= 15 is 0 Å². The number of hydrogen-bond donors (Lipinski definition) is 1. The highest BCUT2D eigenvalue weighted by atomic mass is 19.4. The Balaban J connectivity index is 1.91. The zero-order valence-corrected chi connectivity index (χ0v) is 16.5. The fourth-order valence-electron chi connectivity index (χ4n) is 3.37. The minimum Gasteiger partial charge on any atom is -0.438 e. The molecule has 0 atom stereocenters. The van der Waals surface area contributed by atoms with E-state index in [4.69, 9.17) is 14.9 Å². The second-order valence-electron chi connectivity index (χ2n) is 7.11. The number of benzene rings is 1. The van der Waals surface area contributed by atoms with Gasteiger partial charge in [-0.2, -0.15) is 13.2 Å². The molecule has 3 heterocycles. The third-order valence-corrected chi connectivity index (χ3v) is 4.88. The Kier molecular flexibility index (Phi) is 5.38. The van der Waals surface area contributed by atoms with Crippen molar-refractivity contribution in [3.63, 3.8) is 0 Å². The van der Waals surface area contributed by atoms with Crippen molar-refractivity contribution >= 4 is 11.3 Å². The van der Waals surface area contributed by atoms with Crippen LogP contribution in [0.1, 0.15) is 43.2 Å². The third-order valence-electron chi connectivity index (χ3n) is 4.88. The number of anilines is 1. The number of nitrogens with zero attached hydrogens (tertiary/aromatic N) is 3. The van der Waals surface area contributed by atoms with Gasteiger partial charge in [0.1, 0.15) is 17.1 Å². The van der Waals surface area contributed by atoms with Gasteiger partial charge in [-0.1, -0.05) is 6.08 Å². The highest BCUT2D eigenvalue weighted by molar-refractivity contribution is 5.69. The van der Waals surface area contributed by atoms with E-state index in [0.717, 1.165) is 18.1 Å². The molecule has 1 aliphatic heterocycles. The molecule has 3 aromatic rings. The van der Waals surface area contributed by atoms with Gasteiger partial charge in [-0.25, -0.2) is 9.37 Å². The van der Waals surface area contributed by atoms with E-state index in [2.05, 4.69) is 15.2 Å². The van der Waals surface area contributed by atoms with Gasteiger partial charge < -0.3 is 14.9 Å². The lowest BCUT2D eigenvalue weighted by Gasteiger charge is -2.15. The standard InChI is InChI=1S/C21H18F4N4O2/c1-2-12-6-4-3-5-11-7-13(22)9-14(8-11)30-19-15(21(23,24)25)10-16(26)17(27-19)20-29-28-18(12)31-20/h2,7-10H,3-6,26H2,1H3/b12-2-. The van der Waals surface area contributed by atoms with E-state index in [0.29, 0.717) is 30.9 Å². The largest absolute Gasteiger partial charge is 0.438 e. The van der Waals surface area contributed by atoms with Gasteiger partial charge in [0, 0.05) is 11.6 Å². The fourth-order valence-corrected chi connectivity index (χ4v) is 3.37. The summed E-state index contributed by atoms with van der Waals surface area (Å²) < 4.78 is 65.9. The highest BCUT2D eigenvalue weighted by Gasteiger charge is 2.37. The molecule has 0 amide bonds. The maximum Gasteiger partial charge on any atom is 0.421 e. The number of rotatable bonds is 0. The molecule has 0 radical (unpaired) electrons. The van der Waals surface area contributed by atoms with Gasteiger partial charge in [0.15, 0.2) is 5.69 Å². The quantitative estimate of drug-likeness (QED) is 0.451. The molecule has 4 rings (SSSR count). The molecule has 1 aromatic carbocycles. The maximum atomic E-state index is 14.1. The van der Waals surface area contributed by atoms with E-state index in [1.54, 1.807) is 0 Å². The highest BCUT2D eigenvalue weighted by Crippen LogP contribution is 2.41. The summed E-state index contributed by atoms with van der Waals surface area (Å²) in [5.74, 6) is -1.40. The van der Waals surface area contributed by atoms with Crippen LogP contribution in [0.4, 0.5) is 23.2 Å². The Bertz CT molecular complexity index is 1150. The van der Waals surface area contributed by atoms with Crippen molar-refractivity contribution in [3.05, 3.63) is 53.2 Å². The molecule has 0 saturated carbocycles. The predicted molar refractivity (Wildman–Crippen MR) is 105 cm³/mol. The Morgan fingerprint density at radius 1 is 1.03 bits per heavy atom. The lowest BCUT2D eigenvalue weighted by atomic mass is 10.0. The average molecular weight is 434 g/mol. The van der Waals surface area contributed by atoms with Gasteiger partial charge in [0.25, 0.3) is 5.89 Å². The van der Waals surface area contributed by atoms with Crippen LogP contribution in [0.5, 0.6) is 11.6 Å². The molecule has 0 saturated heterocycles. The van der Waals surface area contributed by atoms with Crippen molar-refractivity contribution in [2.75, 3.05) is 5.73 Å². The first-order chi connectivity index (χ1) is 14.7. The van der Waals surface area contributed by atoms with E-state index in [1.807, 2.05) is 13.0 Å². The maximum absolute atomic E-state index is 14.1. The number of halogens is 4. The summed E-state index contributed by atoms with van der Waals surface area (Å²) in [5.41, 5.74) is 5.57. The van der Waals surface area contributed by atoms with Crippen LogP contribution in [0, 0.1) is 5.82 Å². The van der Waals surface area contributed by atoms with Gasteiger partial charge in [-0.15, -0.1) is 10.2 Å². The molecule has 162 valence electrons. The number of alkyl halides is 3. The molecule has 6 bridgehead atoms.